The number of hydrogen-bond donors (Lipinski definition) is 0. The van der Waals surface area contributed by atoms with Crippen LogP contribution in [0.5, 0.6) is 0 Å². The third-order valence-electron chi connectivity index (χ3n) is 3.31. The van der Waals surface area contributed by atoms with Gasteiger partial charge in [0.2, 0.25) is 5.91 Å². The van der Waals surface area contributed by atoms with Crippen LogP contribution in [-0.4, -0.2) is 22.9 Å². The van der Waals surface area contributed by atoms with Crippen LogP contribution in [0, 0.1) is 23.2 Å². The predicted octanol–water partition coefficient (Wildman–Crippen LogP) is 2.18. The highest BCUT2D eigenvalue weighted by molar-refractivity contribution is 5.80. The lowest BCUT2D eigenvalue weighted by Gasteiger charge is -2.34. The van der Waals surface area contributed by atoms with E-state index in [2.05, 4.69) is 19.9 Å². The molecular formula is C12H20N2O. The third kappa shape index (κ3) is 2.31. The largest absolute Gasteiger partial charge is 0.336 e. The van der Waals surface area contributed by atoms with E-state index < -0.39 is 0 Å². The highest BCUT2D eigenvalue weighted by atomic mass is 16.2. The molecule has 0 bridgehead atoms. The molecule has 84 valence electrons. The molecule has 0 radical (unpaired) electrons. The summed E-state index contributed by atoms with van der Waals surface area (Å²) in [7, 11) is 0. The highest BCUT2D eigenvalue weighted by Crippen LogP contribution is 2.35. The number of nitrogens with zero attached hydrogens (tertiary/aromatic N) is 2. The van der Waals surface area contributed by atoms with Crippen molar-refractivity contribution in [3.05, 3.63) is 0 Å². The number of rotatable bonds is 3. The first-order valence-corrected chi connectivity index (χ1v) is 5.59. The normalized spacial score (nSPS) is 24.7. The van der Waals surface area contributed by atoms with Crippen LogP contribution in [0.1, 0.15) is 40.5 Å². The monoisotopic (exact) mass is 208 g/mol. The third-order valence-corrected chi connectivity index (χ3v) is 3.31. The Labute approximate surface area is 92.1 Å². The summed E-state index contributed by atoms with van der Waals surface area (Å²) in [5.41, 5.74) is -0.291. The zero-order valence-electron chi connectivity index (χ0n) is 10.1. The van der Waals surface area contributed by atoms with Crippen LogP contribution in [-0.2, 0) is 4.79 Å². The fourth-order valence-electron chi connectivity index (χ4n) is 2.05. The molecule has 1 fully saturated rings. The second kappa shape index (κ2) is 4.22. The molecule has 1 heterocycles. The zero-order chi connectivity index (χ0) is 11.6. The van der Waals surface area contributed by atoms with E-state index in [0.29, 0.717) is 12.3 Å². The molecule has 1 aliphatic heterocycles. The summed E-state index contributed by atoms with van der Waals surface area (Å²) >= 11 is 0. The first kappa shape index (κ1) is 12.0. The fraction of sp³-hybridized carbons (Fsp3) is 0.833. The van der Waals surface area contributed by atoms with Gasteiger partial charge in [0.1, 0.15) is 0 Å². The molecule has 0 aromatic rings. The Hall–Kier alpha value is -1.04. The van der Waals surface area contributed by atoms with Gasteiger partial charge in [0.15, 0.2) is 0 Å². The molecule has 3 nitrogen and oxygen atoms in total. The van der Waals surface area contributed by atoms with E-state index in [9.17, 15) is 4.79 Å². The molecule has 15 heavy (non-hydrogen) atoms. The molecule has 0 aliphatic carbocycles. The molecule has 1 unspecified atom stereocenters. The van der Waals surface area contributed by atoms with Crippen LogP contribution < -0.4 is 0 Å². The average Bonchev–Trinajstić information content (AvgIpc) is 2.33. The van der Waals surface area contributed by atoms with Gasteiger partial charge >= 0.3 is 0 Å². The number of carbonyl (C=O) groups excluding carboxylic acids is 1. The Kier molecular flexibility index (Phi) is 3.38. The molecule has 1 rings (SSSR count). The predicted molar refractivity (Wildman–Crippen MR) is 59.0 cm³/mol. The molecular weight excluding hydrogens is 188 g/mol. The number of carbonyl (C=O) groups is 1. The van der Waals surface area contributed by atoms with Crippen molar-refractivity contribution in [3.63, 3.8) is 0 Å². The van der Waals surface area contributed by atoms with E-state index in [0.717, 1.165) is 13.0 Å². The minimum absolute atomic E-state index is 0.132. The van der Waals surface area contributed by atoms with E-state index in [1.165, 1.54) is 0 Å². The van der Waals surface area contributed by atoms with Crippen molar-refractivity contribution in [2.45, 2.75) is 46.1 Å². The van der Waals surface area contributed by atoms with Crippen LogP contribution in [0.25, 0.3) is 0 Å². The smallest absolute Gasteiger partial charge is 0.224 e. The van der Waals surface area contributed by atoms with E-state index >= 15 is 0 Å². The summed E-state index contributed by atoms with van der Waals surface area (Å²) < 4.78 is 0. The van der Waals surface area contributed by atoms with Gasteiger partial charge in [-0.1, -0.05) is 13.8 Å². The summed E-state index contributed by atoms with van der Waals surface area (Å²) in [6.07, 6.45) is 1.40. The molecule has 1 aliphatic rings. The molecule has 1 atom stereocenters. The van der Waals surface area contributed by atoms with Gasteiger partial charge in [0.05, 0.1) is 17.5 Å². The SMILES string of the molecule is CC(C)CCN1C(=O)CC(C#N)C1(C)C. The van der Waals surface area contributed by atoms with Crippen molar-refractivity contribution in [1.29, 1.82) is 5.26 Å². The lowest BCUT2D eigenvalue weighted by molar-refractivity contribution is -0.130. The second-order valence-corrected chi connectivity index (χ2v) is 5.27. The molecule has 0 spiro atoms. The van der Waals surface area contributed by atoms with E-state index in [4.69, 9.17) is 5.26 Å². The lowest BCUT2D eigenvalue weighted by atomic mass is 9.89. The van der Waals surface area contributed by atoms with Crippen molar-refractivity contribution in [2.75, 3.05) is 6.54 Å². The van der Waals surface area contributed by atoms with Gasteiger partial charge in [-0.3, -0.25) is 4.79 Å². The summed E-state index contributed by atoms with van der Waals surface area (Å²) in [5, 5.41) is 8.99. The minimum atomic E-state index is -0.291. The number of hydrogen-bond acceptors (Lipinski definition) is 2. The summed E-state index contributed by atoms with van der Waals surface area (Å²) in [5.74, 6) is 0.569. The first-order chi connectivity index (χ1) is 6.89. The Balaban J connectivity index is 2.72. The minimum Gasteiger partial charge on any atom is -0.336 e. The van der Waals surface area contributed by atoms with Crippen LogP contribution in [0.3, 0.4) is 0 Å². The van der Waals surface area contributed by atoms with Crippen LogP contribution in [0.2, 0.25) is 0 Å². The van der Waals surface area contributed by atoms with Gasteiger partial charge in [0.25, 0.3) is 0 Å². The van der Waals surface area contributed by atoms with Crippen molar-refractivity contribution in [2.24, 2.45) is 11.8 Å². The maximum absolute atomic E-state index is 11.7. The van der Waals surface area contributed by atoms with Gasteiger partial charge in [-0.05, 0) is 26.2 Å². The summed E-state index contributed by atoms with van der Waals surface area (Å²) in [6.45, 7) is 9.06. The first-order valence-electron chi connectivity index (χ1n) is 5.59. The van der Waals surface area contributed by atoms with Gasteiger partial charge < -0.3 is 4.90 Å². The maximum Gasteiger partial charge on any atom is 0.224 e. The van der Waals surface area contributed by atoms with Gasteiger partial charge in [-0.25, -0.2) is 0 Å². The topological polar surface area (TPSA) is 44.1 Å². The fourth-order valence-corrected chi connectivity index (χ4v) is 2.05. The average molecular weight is 208 g/mol. The van der Waals surface area contributed by atoms with Crippen molar-refractivity contribution < 1.29 is 4.79 Å². The number of nitriles is 1. The standard InChI is InChI=1S/C12H20N2O/c1-9(2)5-6-14-11(15)7-10(8-13)12(14,3)4/h9-10H,5-7H2,1-4H3. The molecule has 1 amide bonds. The van der Waals surface area contributed by atoms with E-state index in [-0.39, 0.29) is 17.4 Å². The quantitative estimate of drug-likeness (QED) is 0.713. The van der Waals surface area contributed by atoms with Crippen LogP contribution in [0.4, 0.5) is 0 Å². The summed E-state index contributed by atoms with van der Waals surface area (Å²) in [4.78, 5) is 13.6. The van der Waals surface area contributed by atoms with Gasteiger partial charge in [-0.15, -0.1) is 0 Å². The Morgan fingerprint density at radius 2 is 2.20 bits per heavy atom. The Bertz CT molecular complexity index is 288. The zero-order valence-corrected chi connectivity index (χ0v) is 10.1. The van der Waals surface area contributed by atoms with Crippen molar-refractivity contribution >= 4 is 5.91 Å². The highest BCUT2D eigenvalue weighted by Gasteiger charge is 2.45. The molecule has 0 N–H and O–H groups in total. The Morgan fingerprint density at radius 1 is 1.60 bits per heavy atom. The number of likely N-dealkylation sites (tertiary alicyclic amines) is 1. The van der Waals surface area contributed by atoms with Crippen molar-refractivity contribution in [3.8, 4) is 6.07 Å². The van der Waals surface area contributed by atoms with E-state index in [1.54, 1.807) is 0 Å². The van der Waals surface area contributed by atoms with E-state index in [1.807, 2.05) is 18.7 Å². The molecule has 1 saturated heterocycles. The van der Waals surface area contributed by atoms with Gasteiger partial charge in [0, 0.05) is 13.0 Å². The summed E-state index contributed by atoms with van der Waals surface area (Å²) in [6, 6.07) is 2.24. The maximum atomic E-state index is 11.7. The number of amides is 1. The molecule has 3 heteroatoms. The second-order valence-electron chi connectivity index (χ2n) is 5.27. The van der Waals surface area contributed by atoms with Crippen LogP contribution in [0.15, 0.2) is 0 Å². The van der Waals surface area contributed by atoms with Gasteiger partial charge in [-0.2, -0.15) is 5.26 Å². The van der Waals surface area contributed by atoms with Crippen molar-refractivity contribution in [1.82, 2.24) is 4.90 Å². The molecule has 0 aromatic heterocycles. The van der Waals surface area contributed by atoms with Crippen LogP contribution >= 0.6 is 0 Å². The molecule has 0 saturated carbocycles. The Morgan fingerprint density at radius 3 is 2.60 bits per heavy atom. The lowest BCUT2D eigenvalue weighted by Crippen LogP contribution is -2.44. The molecule has 0 aromatic carbocycles.